The number of ether oxygens (including phenoxy) is 1. The highest BCUT2D eigenvalue weighted by Gasteiger charge is 2.39. The Morgan fingerprint density at radius 2 is 2.10 bits per heavy atom. The Morgan fingerprint density at radius 3 is 2.71 bits per heavy atom. The lowest BCUT2D eigenvalue weighted by molar-refractivity contribution is 0.0348. The number of aromatic hydroxyl groups is 2. The molecule has 0 amide bonds. The van der Waals surface area contributed by atoms with Crippen LogP contribution in [0.3, 0.4) is 0 Å². The summed E-state index contributed by atoms with van der Waals surface area (Å²) in [6.45, 7) is 5.30. The highest BCUT2D eigenvalue weighted by molar-refractivity contribution is 6.05. The van der Waals surface area contributed by atoms with Gasteiger partial charge in [-0.05, 0) is 12.5 Å². The number of fused-ring (bicyclic) bond motifs is 1. The summed E-state index contributed by atoms with van der Waals surface area (Å²) in [6, 6.07) is 2.26. The number of ketones is 1. The number of rotatable bonds is 3. The normalized spacial score (nSPS) is 22.0. The smallest absolute Gasteiger partial charge is 0.202 e. The third kappa shape index (κ3) is 2.68. The number of carbonyl (C=O) groups is 1. The predicted octanol–water partition coefficient (Wildman–Crippen LogP) is 2.09. The van der Waals surface area contributed by atoms with Gasteiger partial charge in [-0.3, -0.25) is 4.79 Å². The quantitative estimate of drug-likeness (QED) is 0.741. The topological polar surface area (TPSA) is 87.0 Å². The molecule has 0 saturated carbocycles. The molecular formula is C16H16O5. The fraction of sp³-hybridized carbons (Fsp3) is 0.188. The molecule has 1 aromatic carbocycles. The largest absolute Gasteiger partial charge is 0.508 e. The van der Waals surface area contributed by atoms with Crippen molar-refractivity contribution in [3.8, 4) is 17.2 Å². The lowest BCUT2D eigenvalue weighted by Crippen LogP contribution is -2.43. The van der Waals surface area contributed by atoms with E-state index in [9.17, 15) is 20.1 Å². The summed E-state index contributed by atoms with van der Waals surface area (Å²) < 4.78 is 5.58. The van der Waals surface area contributed by atoms with E-state index in [1.54, 1.807) is 31.2 Å². The second kappa shape index (κ2) is 5.85. The van der Waals surface area contributed by atoms with Gasteiger partial charge in [0.25, 0.3) is 0 Å². The van der Waals surface area contributed by atoms with Gasteiger partial charge in [-0.2, -0.15) is 0 Å². The molecule has 1 aliphatic rings. The first-order chi connectivity index (χ1) is 9.99. The summed E-state index contributed by atoms with van der Waals surface area (Å²) in [7, 11) is 0. The maximum atomic E-state index is 12.2. The van der Waals surface area contributed by atoms with Crippen LogP contribution in [0.25, 0.3) is 0 Å². The van der Waals surface area contributed by atoms with Crippen LogP contribution in [-0.2, 0) is 0 Å². The first kappa shape index (κ1) is 14.9. The first-order valence-electron chi connectivity index (χ1n) is 6.39. The van der Waals surface area contributed by atoms with E-state index in [1.165, 1.54) is 6.07 Å². The molecule has 1 aromatic rings. The van der Waals surface area contributed by atoms with Gasteiger partial charge in [-0.25, -0.2) is 0 Å². The van der Waals surface area contributed by atoms with E-state index in [0.717, 1.165) is 6.07 Å². The molecule has 0 radical (unpaired) electrons. The number of Topliss-reactive ketones (excluding diaryl/α,β-unsaturated/α-hetero) is 1. The Bertz CT molecular complexity index is 642. The maximum absolute atomic E-state index is 12.2. The standard InChI is InChI=1S/C16H16O5/c1-3-5-6-9(4-2)16-15(20)14(19)13-11(18)7-10(17)8-12(13)21-16/h3-8,15-18,20H,1H2,2H3/b6-5-,9-4+/t15?,16-/m1/s1. The van der Waals surface area contributed by atoms with Crippen molar-refractivity contribution >= 4 is 5.78 Å². The van der Waals surface area contributed by atoms with Crippen molar-refractivity contribution in [1.29, 1.82) is 0 Å². The number of aliphatic hydroxyl groups is 1. The molecule has 5 heteroatoms. The molecule has 0 saturated heterocycles. The van der Waals surface area contributed by atoms with Crippen molar-refractivity contribution in [3.05, 3.63) is 54.2 Å². The summed E-state index contributed by atoms with van der Waals surface area (Å²) in [5, 5.41) is 29.4. The number of allylic oxidation sites excluding steroid dienone is 3. The number of phenolic OH excluding ortho intramolecular Hbond substituents is 2. The summed E-state index contributed by atoms with van der Waals surface area (Å²) in [4.78, 5) is 12.2. The highest BCUT2D eigenvalue weighted by Crippen LogP contribution is 2.39. The summed E-state index contributed by atoms with van der Waals surface area (Å²) in [5.41, 5.74) is 0.462. The minimum atomic E-state index is -1.44. The number of aliphatic hydroxyl groups excluding tert-OH is 1. The van der Waals surface area contributed by atoms with Gasteiger partial charge >= 0.3 is 0 Å². The average molecular weight is 288 g/mol. The van der Waals surface area contributed by atoms with Crippen molar-refractivity contribution in [2.24, 2.45) is 0 Å². The lowest BCUT2D eigenvalue weighted by Gasteiger charge is -2.30. The van der Waals surface area contributed by atoms with E-state index in [0.29, 0.717) is 5.57 Å². The SMILES string of the molecule is C=C/C=C\C(=C/C)[C@H]1Oc2cc(O)cc(O)c2C(=O)C1O. The van der Waals surface area contributed by atoms with Crippen LogP contribution in [0.4, 0.5) is 0 Å². The second-order valence-electron chi connectivity index (χ2n) is 4.57. The number of hydrogen-bond donors (Lipinski definition) is 3. The Labute approximate surface area is 122 Å². The molecule has 2 rings (SSSR count). The van der Waals surface area contributed by atoms with Gasteiger partial charge < -0.3 is 20.1 Å². The van der Waals surface area contributed by atoms with Crippen molar-refractivity contribution in [2.45, 2.75) is 19.1 Å². The Balaban J connectivity index is 2.48. The van der Waals surface area contributed by atoms with Crippen LogP contribution >= 0.6 is 0 Å². The molecule has 0 aliphatic carbocycles. The Hall–Kier alpha value is -2.53. The molecule has 0 bridgehead atoms. The third-order valence-electron chi connectivity index (χ3n) is 3.21. The van der Waals surface area contributed by atoms with Crippen molar-refractivity contribution in [1.82, 2.24) is 0 Å². The van der Waals surface area contributed by atoms with Crippen LogP contribution in [0.5, 0.6) is 17.2 Å². The van der Waals surface area contributed by atoms with Gasteiger partial charge in [-0.1, -0.05) is 30.9 Å². The number of benzene rings is 1. The molecule has 0 fully saturated rings. The zero-order valence-electron chi connectivity index (χ0n) is 11.5. The van der Waals surface area contributed by atoms with Crippen LogP contribution in [0.15, 0.2) is 48.6 Å². The predicted molar refractivity (Wildman–Crippen MR) is 77.6 cm³/mol. The van der Waals surface area contributed by atoms with Gasteiger partial charge in [-0.15, -0.1) is 0 Å². The van der Waals surface area contributed by atoms with E-state index < -0.39 is 23.7 Å². The van der Waals surface area contributed by atoms with Gasteiger partial charge in [0.2, 0.25) is 5.78 Å². The fourth-order valence-electron chi connectivity index (χ4n) is 2.20. The van der Waals surface area contributed by atoms with Crippen molar-refractivity contribution < 1.29 is 24.9 Å². The zero-order valence-corrected chi connectivity index (χ0v) is 11.5. The van der Waals surface area contributed by atoms with Crippen molar-refractivity contribution in [3.63, 3.8) is 0 Å². The van der Waals surface area contributed by atoms with Gasteiger partial charge in [0.15, 0.2) is 12.2 Å². The number of carbonyl (C=O) groups excluding carboxylic acids is 1. The Morgan fingerprint density at radius 1 is 1.38 bits per heavy atom. The molecule has 2 atom stereocenters. The molecular weight excluding hydrogens is 272 g/mol. The lowest BCUT2D eigenvalue weighted by atomic mass is 9.92. The summed E-state index contributed by atoms with van der Waals surface area (Å²) in [5.74, 6) is -1.25. The van der Waals surface area contributed by atoms with Gasteiger partial charge in [0.1, 0.15) is 22.8 Å². The van der Waals surface area contributed by atoms with Crippen LogP contribution in [0.1, 0.15) is 17.3 Å². The minimum absolute atomic E-state index is 0.0409. The van der Waals surface area contributed by atoms with Crippen LogP contribution in [0.2, 0.25) is 0 Å². The summed E-state index contributed by atoms with van der Waals surface area (Å²) in [6.07, 6.45) is 4.25. The van der Waals surface area contributed by atoms with Crippen LogP contribution < -0.4 is 4.74 Å². The minimum Gasteiger partial charge on any atom is -0.508 e. The summed E-state index contributed by atoms with van der Waals surface area (Å²) >= 11 is 0. The molecule has 5 nitrogen and oxygen atoms in total. The van der Waals surface area contributed by atoms with Gasteiger partial charge in [0.05, 0.1) is 0 Å². The molecule has 3 N–H and O–H groups in total. The molecule has 21 heavy (non-hydrogen) atoms. The zero-order chi connectivity index (χ0) is 15.6. The van der Waals surface area contributed by atoms with E-state index in [1.807, 2.05) is 0 Å². The third-order valence-corrected chi connectivity index (χ3v) is 3.21. The van der Waals surface area contributed by atoms with E-state index in [-0.39, 0.29) is 17.1 Å². The van der Waals surface area contributed by atoms with Gasteiger partial charge in [0, 0.05) is 12.1 Å². The maximum Gasteiger partial charge on any atom is 0.202 e. The van der Waals surface area contributed by atoms with Crippen LogP contribution in [-0.4, -0.2) is 33.3 Å². The second-order valence-corrected chi connectivity index (χ2v) is 4.57. The van der Waals surface area contributed by atoms with E-state index in [4.69, 9.17) is 4.74 Å². The Kier molecular flexibility index (Phi) is 4.14. The molecule has 0 spiro atoms. The van der Waals surface area contributed by atoms with E-state index in [2.05, 4.69) is 6.58 Å². The molecule has 1 aliphatic heterocycles. The number of hydrogen-bond acceptors (Lipinski definition) is 5. The van der Waals surface area contributed by atoms with E-state index >= 15 is 0 Å². The highest BCUT2D eigenvalue weighted by atomic mass is 16.5. The molecule has 1 unspecified atom stereocenters. The molecule has 110 valence electrons. The first-order valence-corrected chi connectivity index (χ1v) is 6.39. The van der Waals surface area contributed by atoms with Crippen LogP contribution in [0, 0.1) is 0 Å². The fourth-order valence-corrected chi connectivity index (χ4v) is 2.20. The monoisotopic (exact) mass is 288 g/mol. The molecule has 1 heterocycles. The average Bonchev–Trinajstić information content (AvgIpc) is 2.43. The number of phenols is 2. The molecule has 0 aromatic heterocycles. The van der Waals surface area contributed by atoms with Crippen molar-refractivity contribution in [2.75, 3.05) is 0 Å².